The normalized spacial score (nSPS) is 19.8. The number of benzene rings is 2. The zero-order chi connectivity index (χ0) is 34.7. The topological polar surface area (TPSA) is 135 Å². The van der Waals surface area contributed by atoms with E-state index < -0.39 is 41.9 Å². The van der Waals surface area contributed by atoms with Crippen molar-refractivity contribution in [2.75, 3.05) is 14.1 Å². The number of carbonyl (C=O) groups excluding carboxylic acids is 4. The molecule has 0 aliphatic carbocycles. The molecule has 1 aliphatic heterocycles. The third-order valence-corrected chi connectivity index (χ3v) is 8.79. The molecule has 0 unspecified atom stereocenters. The summed E-state index contributed by atoms with van der Waals surface area (Å²) in [4.78, 5) is 54.0. The Bertz CT molecular complexity index is 1220. The molecule has 0 aromatic heterocycles. The maximum absolute atomic E-state index is 14.2. The lowest BCUT2D eigenvalue weighted by molar-refractivity contribution is -0.159. The third-order valence-electron chi connectivity index (χ3n) is 8.79. The van der Waals surface area contributed by atoms with E-state index in [1.165, 1.54) is 0 Å². The van der Waals surface area contributed by atoms with Crippen LogP contribution in [0, 0.1) is 23.7 Å². The summed E-state index contributed by atoms with van der Waals surface area (Å²) in [5, 5.41) is 11.3. The fourth-order valence-electron chi connectivity index (χ4n) is 6.16. The molecule has 4 N–H and O–H groups in total. The molecule has 2 aromatic carbocycles. The number of rotatable bonds is 16. The van der Waals surface area contributed by atoms with Crippen molar-refractivity contribution in [3.05, 3.63) is 71.8 Å². The van der Waals surface area contributed by atoms with Crippen LogP contribution < -0.4 is 21.3 Å². The average Bonchev–Trinajstić information content (AvgIpc) is 3.36. The van der Waals surface area contributed by atoms with Gasteiger partial charge in [-0.15, -0.1) is 0 Å². The van der Waals surface area contributed by atoms with E-state index >= 15 is 0 Å². The molecule has 10 heteroatoms. The Kier molecular flexibility index (Phi) is 14.0. The van der Waals surface area contributed by atoms with Crippen LogP contribution in [0.5, 0.6) is 0 Å². The molecule has 1 saturated heterocycles. The van der Waals surface area contributed by atoms with Crippen molar-refractivity contribution in [2.45, 2.75) is 97.3 Å². The zero-order valence-electron chi connectivity index (χ0n) is 29.2. The lowest BCUT2D eigenvalue weighted by Crippen LogP contribution is -2.55. The van der Waals surface area contributed by atoms with E-state index in [1.807, 2.05) is 88.4 Å². The molecule has 47 heavy (non-hydrogen) atoms. The van der Waals surface area contributed by atoms with Gasteiger partial charge in [0, 0.05) is 14.1 Å². The predicted molar refractivity (Wildman–Crippen MR) is 182 cm³/mol. The molecule has 1 aliphatic rings. The van der Waals surface area contributed by atoms with Gasteiger partial charge in [0.15, 0.2) is 5.79 Å². The monoisotopic (exact) mass is 650 g/mol. The van der Waals surface area contributed by atoms with Crippen molar-refractivity contribution >= 4 is 23.6 Å². The first-order valence-corrected chi connectivity index (χ1v) is 16.7. The molecular formula is C37H54N4O6. The molecule has 258 valence electrons. The summed E-state index contributed by atoms with van der Waals surface area (Å²) in [6.07, 6.45) is 0.325. The molecule has 4 amide bonds. The highest BCUT2D eigenvalue weighted by Gasteiger charge is 2.52. The first-order chi connectivity index (χ1) is 22.3. The molecule has 0 saturated carbocycles. The Morgan fingerprint density at radius 3 is 1.26 bits per heavy atom. The molecule has 0 radical (unpaired) electrons. The molecular weight excluding hydrogens is 596 g/mol. The molecule has 2 aromatic rings. The van der Waals surface area contributed by atoms with E-state index in [2.05, 4.69) is 21.3 Å². The summed E-state index contributed by atoms with van der Waals surface area (Å²) in [7, 11) is 3.09. The largest absolute Gasteiger partial charge is 0.357 e. The second kappa shape index (κ2) is 17.4. The number of nitrogens with one attached hydrogen (secondary N) is 4. The van der Waals surface area contributed by atoms with E-state index in [9.17, 15) is 19.2 Å². The fourth-order valence-corrected chi connectivity index (χ4v) is 6.16. The van der Waals surface area contributed by atoms with Gasteiger partial charge in [0.05, 0.1) is 24.0 Å². The Morgan fingerprint density at radius 1 is 0.617 bits per heavy atom. The average molecular weight is 651 g/mol. The summed E-state index contributed by atoms with van der Waals surface area (Å²) in [6.45, 7) is 11.1. The summed E-state index contributed by atoms with van der Waals surface area (Å²) >= 11 is 0. The molecule has 0 spiro atoms. The van der Waals surface area contributed by atoms with Crippen LogP contribution >= 0.6 is 0 Å². The number of hydrogen-bond donors (Lipinski definition) is 4. The Labute approximate surface area is 280 Å². The molecule has 0 bridgehead atoms. The Morgan fingerprint density at radius 2 is 0.957 bits per heavy atom. The maximum Gasteiger partial charge on any atom is 0.242 e. The summed E-state index contributed by atoms with van der Waals surface area (Å²) in [6, 6.07) is 18.2. The van der Waals surface area contributed by atoms with Gasteiger partial charge in [0.1, 0.15) is 12.1 Å². The van der Waals surface area contributed by atoms with Crippen molar-refractivity contribution in [1.82, 2.24) is 21.3 Å². The molecule has 1 heterocycles. The smallest absolute Gasteiger partial charge is 0.242 e. The fraction of sp³-hybridized carbons (Fsp3) is 0.568. The van der Waals surface area contributed by atoms with Gasteiger partial charge in [-0.2, -0.15) is 0 Å². The first-order valence-electron chi connectivity index (χ1n) is 16.7. The van der Waals surface area contributed by atoms with Crippen LogP contribution in [-0.4, -0.2) is 67.8 Å². The van der Waals surface area contributed by atoms with Crippen LogP contribution in [0.2, 0.25) is 0 Å². The van der Waals surface area contributed by atoms with Crippen molar-refractivity contribution in [2.24, 2.45) is 23.7 Å². The van der Waals surface area contributed by atoms with E-state index in [0.29, 0.717) is 25.7 Å². The standard InChI is InChI=1S/C37H54N4O6/c1-23(2)29(35(44)38-7)40-33(42)27(21-19-25-15-11-9-12-16-25)31-32(47-37(5,6)46-31)28(22-20-26-17-13-10-14-18-26)34(43)41-30(24(3)4)36(45)39-8/h9-18,23-24,27-32H,19-22H2,1-8H3,(H,38,44)(H,39,45)(H,40,42)(H,41,43)/t27-,28-,29+,30+,31-,32-/m1/s1. The summed E-state index contributed by atoms with van der Waals surface area (Å²) in [5.74, 6) is -4.18. The highest BCUT2D eigenvalue weighted by Crippen LogP contribution is 2.39. The minimum atomic E-state index is -1.09. The zero-order valence-corrected chi connectivity index (χ0v) is 29.2. The van der Waals surface area contributed by atoms with Gasteiger partial charge in [-0.25, -0.2) is 0 Å². The third kappa shape index (κ3) is 10.6. The van der Waals surface area contributed by atoms with Crippen LogP contribution in [-0.2, 0) is 41.5 Å². The van der Waals surface area contributed by atoms with Gasteiger partial charge < -0.3 is 30.7 Å². The van der Waals surface area contributed by atoms with Gasteiger partial charge in [-0.3, -0.25) is 19.2 Å². The molecule has 1 fully saturated rings. The molecule has 3 rings (SSSR count). The van der Waals surface area contributed by atoms with Crippen LogP contribution in [0.15, 0.2) is 60.7 Å². The minimum Gasteiger partial charge on any atom is -0.357 e. The van der Waals surface area contributed by atoms with Gasteiger partial charge in [0.25, 0.3) is 0 Å². The van der Waals surface area contributed by atoms with Gasteiger partial charge >= 0.3 is 0 Å². The quantitative estimate of drug-likeness (QED) is 0.219. The number of likely N-dealkylation sites (N-methyl/N-ethyl adjacent to an activating group) is 2. The highest BCUT2D eigenvalue weighted by atomic mass is 16.8. The first kappa shape index (κ1) is 37.7. The summed E-state index contributed by atoms with van der Waals surface area (Å²) < 4.78 is 13.0. The van der Waals surface area contributed by atoms with Gasteiger partial charge in [-0.1, -0.05) is 88.4 Å². The van der Waals surface area contributed by atoms with Gasteiger partial charge in [-0.05, 0) is 62.5 Å². The summed E-state index contributed by atoms with van der Waals surface area (Å²) in [5.41, 5.74) is 2.10. The van der Waals surface area contributed by atoms with Crippen LogP contribution in [0.3, 0.4) is 0 Å². The lowest BCUT2D eigenvalue weighted by atomic mass is 9.82. The van der Waals surface area contributed by atoms with Crippen molar-refractivity contribution in [1.29, 1.82) is 0 Å². The predicted octanol–water partition coefficient (Wildman–Crippen LogP) is 3.78. The number of carbonyl (C=O) groups is 4. The van der Waals surface area contributed by atoms with E-state index in [0.717, 1.165) is 11.1 Å². The van der Waals surface area contributed by atoms with Gasteiger partial charge in [0.2, 0.25) is 23.6 Å². The maximum atomic E-state index is 14.2. The van der Waals surface area contributed by atoms with Crippen LogP contribution in [0.1, 0.15) is 65.5 Å². The van der Waals surface area contributed by atoms with Crippen LogP contribution in [0.4, 0.5) is 0 Å². The van der Waals surface area contributed by atoms with Crippen molar-refractivity contribution in [3.8, 4) is 0 Å². The SMILES string of the molecule is CNC(=O)[C@@H](NC(=O)[C@H](CCc1ccccc1)[C@H]1OC(C)(C)O[C@@H]1[C@@H](CCc1ccccc1)C(=O)N[C@H](C(=O)NC)C(C)C)C(C)C. The number of amides is 4. The van der Waals surface area contributed by atoms with E-state index in [1.54, 1.807) is 27.9 Å². The Balaban J connectivity index is 2.04. The van der Waals surface area contributed by atoms with Crippen LogP contribution in [0.25, 0.3) is 0 Å². The second-order valence-corrected chi connectivity index (χ2v) is 13.5. The number of ether oxygens (including phenoxy) is 2. The second-order valence-electron chi connectivity index (χ2n) is 13.5. The Hall–Kier alpha value is -3.76. The van der Waals surface area contributed by atoms with Crippen molar-refractivity contribution in [3.63, 3.8) is 0 Å². The lowest BCUT2D eigenvalue weighted by Gasteiger charge is -2.32. The van der Waals surface area contributed by atoms with E-state index in [-0.39, 0.29) is 35.5 Å². The number of hydrogen-bond acceptors (Lipinski definition) is 6. The van der Waals surface area contributed by atoms with E-state index in [4.69, 9.17) is 9.47 Å². The number of aryl methyl sites for hydroxylation is 2. The minimum absolute atomic E-state index is 0.163. The molecule has 6 atom stereocenters. The highest BCUT2D eigenvalue weighted by molar-refractivity contribution is 5.90. The van der Waals surface area contributed by atoms with Crippen molar-refractivity contribution < 1.29 is 28.7 Å². The molecule has 10 nitrogen and oxygen atoms in total.